The van der Waals surface area contributed by atoms with E-state index >= 15 is 0 Å². The highest BCUT2D eigenvalue weighted by atomic mass is 15.1. The number of rotatable bonds is 3. The second-order valence-electron chi connectivity index (χ2n) is 5.43. The van der Waals surface area contributed by atoms with Crippen molar-refractivity contribution in [2.75, 3.05) is 18.4 Å². The van der Waals surface area contributed by atoms with E-state index in [1.165, 1.54) is 16.7 Å². The Kier molecular flexibility index (Phi) is 3.65. The van der Waals surface area contributed by atoms with Crippen LogP contribution < -0.4 is 10.6 Å². The summed E-state index contributed by atoms with van der Waals surface area (Å²) in [6.07, 6.45) is 4.91. The van der Waals surface area contributed by atoms with Crippen LogP contribution in [-0.2, 0) is 0 Å². The van der Waals surface area contributed by atoms with Gasteiger partial charge in [0, 0.05) is 30.5 Å². The van der Waals surface area contributed by atoms with E-state index in [0.717, 1.165) is 25.1 Å². The summed E-state index contributed by atoms with van der Waals surface area (Å²) >= 11 is 0. The van der Waals surface area contributed by atoms with Crippen molar-refractivity contribution in [3.05, 3.63) is 41.7 Å². The number of nitrogens with one attached hydrogen (secondary N) is 2. The molecule has 0 radical (unpaired) electrons. The van der Waals surface area contributed by atoms with Gasteiger partial charge in [0.2, 0.25) is 5.95 Å². The summed E-state index contributed by atoms with van der Waals surface area (Å²) in [7, 11) is 0. The Morgan fingerprint density at radius 1 is 1.10 bits per heavy atom. The maximum atomic E-state index is 4.42. The molecule has 1 aromatic carbocycles. The van der Waals surface area contributed by atoms with Crippen LogP contribution >= 0.6 is 0 Å². The van der Waals surface area contributed by atoms with E-state index < -0.39 is 0 Å². The van der Waals surface area contributed by atoms with Crippen LogP contribution in [0, 0.1) is 13.8 Å². The van der Waals surface area contributed by atoms with E-state index in [9.17, 15) is 0 Å². The molecule has 2 heterocycles. The highest BCUT2D eigenvalue weighted by Crippen LogP contribution is 2.21. The molecule has 104 valence electrons. The first-order valence-electron chi connectivity index (χ1n) is 7.09. The first kappa shape index (κ1) is 13.1. The van der Waals surface area contributed by atoms with Gasteiger partial charge < -0.3 is 10.6 Å². The van der Waals surface area contributed by atoms with Crippen molar-refractivity contribution >= 4 is 5.95 Å². The SMILES string of the molecule is Cc1ccc(-c2cnc(NC3CCNC3)nc2)cc1C. The van der Waals surface area contributed by atoms with Gasteiger partial charge in [-0.2, -0.15) is 0 Å². The standard InChI is InChI=1S/C16H20N4/c1-11-3-4-13(7-12(11)2)14-8-18-16(19-9-14)20-15-5-6-17-10-15/h3-4,7-9,15,17H,5-6,10H2,1-2H3,(H,18,19,20). The molecule has 0 saturated carbocycles. The van der Waals surface area contributed by atoms with Gasteiger partial charge in [-0.15, -0.1) is 0 Å². The Morgan fingerprint density at radius 2 is 1.90 bits per heavy atom. The van der Waals surface area contributed by atoms with Crippen LogP contribution in [0.1, 0.15) is 17.5 Å². The molecular weight excluding hydrogens is 248 g/mol. The van der Waals surface area contributed by atoms with Crippen molar-refractivity contribution in [2.45, 2.75) is 26.3 Å². The van der Waals surface area contributed by atoms with Gasteiger partial charge in [-0.05, 0) is 43.5 Å². The molecule has 0 aliphatic carbocycles. The minimum Gasteiger partial charge on any atom is -0.350 e. The molecule has 3 rings (SSSR count). The van der Waals surface area contributed by atoms with Gasteiger partial charge in [0.05, 0.1) is 0 Å². The molecule has 4 nitrogen and oxygen atoms in total. The minimum absolute atomic E-state index is 0.447. The molecule has 1 unspecified atom stereocenters. The van der Waals surface area contributed by atoms with Crippen molar-refractivity contribution in [3.63, 3.8) is 0 Å². The van der Waals surface area contributed by atoms with Gasteiger partial charge in [0.15, 0.2) is 0 Å². The zero-order valence-corrected chi connectivity index (χ0v) is 12.0. The van der Waals surface area contributed by atoms with Crippen molar-refractivity contribution in [1.82, 2.24) is 15.3 Å². The number of hydrogen-bond acceptors (Lipinski definition) is 4. The average Bonchev–Trinajstić information content (AvgIpc) is 2.96. The second-order valence-corrected chi connectivity index (χ2v) is 5.43. The number of aryl methyl sites for hydroxylation is 2. The molecule has 1 fully saturated rings. The molecule has 2 aromatic rings. The number of hydrogen-bond donors (Lipinski definition) is 2. The lowest BCUT2D eigenvalue weighted by atomic mass is 10.0. The van der Waals surface area contributed by atoms with E-state index in [0.29, 0.717) is 12.0 Å². The molecule has 0 spiro atoms. The molecule has 0 bridgehead atoms. The van der Waals surface area contributed by atoms with Crippen molar-refractivity contribution in [1.29, 1.82) is 0 Å². The maximum Gasteiger partial charge on any atom is 0.222 e. The zero-order chi connectivity index (χ0) is 13.9. The smallest absolute Gasteiger partial charge is 0.222 e. The fourth-order valence-corrected chi connectivity index (χ4v) is 2.43. The fourth-order valence-electron chi connectivity index (χ4n) is 2.43. The lowest BCUT2D eigenvalue weighted by Gasteiger charge is -2.11. The first-order chi connectivity index (χ1) is 9.72. The van der Waals surface area contributed by atoms with Gasteiger partial charge in [-0.1, -0.05) is 18.2 Å². The van der Waals surface area contributed by atoms with Gasteiger partial charge in [0.1, 0.15) is 0 Å². The number of nitrogens with zero attached hydrogens (tertiary/aromatic N) is 2. The molecule has 1 aromatic heterocycles. The summed E-state index contributed by atoms with van der Waals surface area (Å²) in [5.74, 6) is 0.714. The third-order valence-electron chi connectivity index (χ3n) is 3.89. The molecule has 1 atom stereocenters. The van der Waals surface area contributed by atoms with E-state index in [-0.39, 0.29) is 0 Å². The largest absolute Gasteiger partial charge is 0.350 e. The number of benzene rings is 1. The van der Waals surface area contributed by atoms with E-state index in [1.807, 2.05) is 12.4 Å². The Labute approximate surface area is 119 Å². The maximum absolute atomic E-state index is 4.42. The van der Waals surface area contributed by atoms with Crippen molar-refractivity contribution in [2.24, 2.45) is 0 Å². The average molecular weight is 268 g/mol. The Bertz CT molecular complexity index is 586. The summed E-state index contributed by atoms with van der Waals surface area (Å²) < 4.78 is 0. The van der Waals surface area contributed by atoms with E-state index in [4.69, 9.17) is 0 Å². The van der Waals surface area contributed by atoms with Gasteiger partial charge in [0.25, 0.3) is 0 Å². The highest BCUT2D eigenvalue weighted by Gasteiger charge is 2.14. The Balaban J connectivity index is 1.76. The predicted octanol–water partition coefficient (Wildman–Crippen LogP) is 2.53. The summed E-state index contributed by atoms with van der Waals surface area (Å²) in [6.45, 7) is 6.31. The van der Waals surface area contributed by atoms with Crippen LogP contribution in [0.3, 0.4) is 0 Å². The van der Waals surface area contributed by atoms with Gasteiger partial charge in [-0.3, -0.25) is 0 Å². The Morgan fingerprint density at radius 3 is 2.55 bits per heavy atom. The number of anilines is 1. The summed E-state index contributed by atoms with van der Waals surface area (Å²) in [6, 6.07) is 6.89. The third kappa shape index (κ3) is 2.80. The Hall–Kier alpha value is -1.94. The number of aromatic nitrogens is 2. The molecular formula is C16H20N4. The first-order valence-corrected chi connectivity index (χ1v) is 7.09. The van der Waals surface area contributed by atoms with Crippen LogP contribution in [-0.4, -0.2) is 29.1 Å². The second kappa shape index (κ2) is 5.59. The van der Waals surface area contributed by atoms with Gasteiger partial charge in [-0.25, -0.2) is 9.97 Å². The lowest BCUT2D eigenvalue weighted by Crippen LogP contribution is -2.23. The fraction of sp³-hybridized carbons (Fsp3) is 0.375. The molecule has 1 saturated heterocycles. The molecule has 1 aliphatic rings. The van der Waals surface area contributed by atoms with Crippen LogP contribution in [0.25, 0.3) is 11.1 Å². The molecule has 2 N–H and O–H groups in total. The molecule has 0 amide bonds. The topological polar surface area (TPSA) is 49.8 Å². The van der Waals surface area contributed by atoms with Crippen LogP contribution in [0.2, 0.25) is 0 Å². The third-order valence-corrected chi connectivity index (χ3v) is 3.89. The molecule has 4 heteroatoms. The summed E-state index contributed by atoms with van der Waals surface area (Å²) in [4.78, 5) is 8.84. The summed E-state index contributed by atoms with van der Waals surface area (Å²) in [5.41, 5.74) is 4.83. The minimum atomic E-state index is 0.447. The quantitative estimate of drug-likeness (QED) is 0.898. The normalized spacial score (nSPS) is 18.2. The summed E-state index contributed by atoms with van der Waals surface area (Å²) in [5, 5.41) is 6.68. The van der Waals surface area contributed by atoms with Crippen LogP contribution in [0.15, 0.2) is 30.6 Å². The van der Waals surface area contributed by atoms with Crippen molar-refractivity contribution < 1.29 is 0 Å². The van der Waals surface area contributed by atoms with E-state index in [2.05, 4.69) is 52.6 Å². The lowest BCUT2D eigenvalue weighted by molar-refractivity contribution is 0.780. The van der Waals surface area contributed by atoms with E-state index in [1.54, 1.807) is 0 Å². The molecule has 20 heavy (non-hydrogen) atoms. The van der Waals surface area contributed by atoms with Crippen LogP contribution in [0.4, 0.5) is 5.95 Å². The van der Waals surface area contributed by atoms with Gasteiger partial charge >= 0.3 is 0 Å². The highest BCUT2D eigenvalue weighted by molar-refractivity contribution is 5.63. The molecule has 1 aliphatic heterocycles. The zero-order valence-electron chi connectivity index (χ0n) is 12.0. The van der Waals surface area contributed by atoms with Crippen molar-refractivity contribution in [3.8, 4) is 11.1 Å². The predicted molar refractivity (Wildman–Crippen MR) is 81.8 cm³/mol. The van der Waals surface area contributed by atoms with Crippen LogP contribution in [0.5, 0.6) is 0 Å². The monoisotopic (exact) mass is 268 g/mol.